The molecule has 3 aromatic carbocycles. The maximum atomic E-state index is 13.8. The molecule has 1 radical (unpaired) electrons. The molecule has 0 aliphatic carbocycles. The van der Waals surface area contributed by atoms with E-state index in [0.717, 1.165) is 22.8 Å². The summed E-state index contributed by atoms with van der Waals surface area (Å²) < 4.78 is 58.2. The third-order valence-electron chi connectivity index (χ3n) is 6.54. The fraction of sp³-hybridized carbons (Fsp3) is 0.438. The largest absolute Gasteiger partial charge is 0.668 e. The molecule has 1 fully saturated rings. The molecule has 0 saturated carbocycles. The summed E-state index contributed by atoms with van der Waals surface area (Å²) in [7, 11) is 0. The monoisotopic (exact) mass is 647 g/mol. The summed E-state index contributed by atoms with van der Waals surface area (Å²) in [6.07, 6.45) is -2.59. The minimum Gasteiger partial charge on any atom is -0.668 e. The molecule has 4 rings (SSSR count). The van der Waals surface area contributed by atoms with E-state index < -0.39 is 23.1 Å². The summed E-state index contributed by atoms with van der Waals surface area (Å²) in [6.45, 7) is 6.03. The normalized spacial score (nSPS) is 15.7. The van der Waals surface area contributed by atoms with Crippen LogP contribution < -0.4 is 4.74 Å². The molecule has 2 N–H and O–H groups in total. The Kier molecular flexibility index (Phi) is 13.9. The van der Waals surface area contributed by atoms with E-state index in [9.17, 15) is 13.2 Å². The van der Waals surface area contributed by atoms with Gasteiger partial charge in [0.1, 0.15) is 5.75 Å². The second kappa shape index (κ2) is 16.2. The Hall–Kier alpha value is -1.81. The molecule has 1 saturated heterocycles. The van der Waals surface area contributed by atoms with E-state index in [4.69, 9.17) is 25.1 Å². The molecule has 9 heteroatoms. The smallest absolute Gasteiger partial charge is 0.419 e. The van der Waals surface area contributed by atoms with Crippen LogP contribution in [0.15, 0.2) is 72.8 Å². The number of rotatable bonds is 9. The second-order valence-electron chi connectivity index (χ2n) is 10.4. The van der Waals surface area contributed by atoms with Gasteiger partial charge in [0.2, 0.25) is 0 Å². The van der Waals surface area contributed by atoms with Gasteiger partial charge in [-0.15, -0.1) is 0 Å². The summed E-state index contributed by atoms with van der Waals surface area (Å²) in [5, 5.41) is 7.57. The number of hydrogen-bond donors (Lipinski definition) is 1. The van der Waals surface area contributed by atoms with Gasteiger partial charge in [-0.05, 0) is 74.4 Å². The molecular weight excluding hydrogens is 608 g/mol. The maximum Gasteiger partial charge on any atom is 0.419 e. The average molecular weight is 648 g/mol. The van der Waals surface area contributed by atoms with Crippen molar-refractivity contribution in [2.45, 2.75) is 64.0 Å². The van der Waals surface area contributed by atoms with Crippen LogP contribution in [0.2, 0.25) is 0 Å². The maximum absolute atomic E-state index is 13.8. The standard InChI is InChI=1S/C30H33F3NO3.C2H6O.Y/c1-28(2)36-20-29(34,21-37-28)16-15-23-13-14-27(26(19-23)30(31,32)33)35-17-7-9-22-8-6-12-25(18-22)24-10-4-3-5-11-24;1-2-3;/h3-6,8,10-14,18-19,34H,7,9,15-17,20-21H2,1-2H3;3H,2H2,1H3;/q-1;;. The van der Waals surface area contributed by atoms with Gasteiger partial charge in [0.25, 0.3) is 0 Å². The molecule has 0 spiro atoms. The summed E-state index contributed by atoms with van der Waals surface area (Å²) in [5.41, 5.74) is 10.6. The first-order valence-corrected chi connectivity index (χ1v) is 13.6. The Morgan fingerprint density at radius 3 is 2.12 bits per heavy atom. The third-order valence-corrected chi connectivity index (χ3v) is 6.54. The van der Waals surface area contributed by atoms with Crippen LogP contribution in [0.25, 0.3) is 16.9 Å². The number of benzene rings is 3. The van der Waals surface area contributed by atoms with Crippen molar-refractivity contribution < 1.29 is 65.2 Å². The summed E-state index contributed by atoms with van der Waals surface area (Å²) in [6, 6.07) is 22.4. The Balaban J connectivity index is 0.00000141. The number of hydrogen-bond acceptors (Lipinski definition) is 4. The van der Waals surface area contributed by atoms with Crippen molar-refractivity contribution in [3.63, 3.8) is 0 Å². The molecule has 3 aromatic rings. The van der Waals surface area contributed by atoms with Crippen molar-refractivity contribution in [3.05, 3.63) is 95.2 Å². The summed E-state index contributed by atoms with van der Waals surface area (Å²) >= 11 is 0. The number of aliphatic hydroxyl groups is 1. The van der Waals surface area contributed by atoms with Gasteiger partial charge in [0, 0.05) is 52.5 Å². The molecule has 5 nitrogen and oxygen atoms in total. The van der Waals surface area contributed by atoms with Crippen LogP contribution in [0.3, 0.4) is 0 Å². The molecule has 221 valence electrons. The van der Waals surface area contributed by atoms with E-state index in [1.165, 1.54) is 6.07 Å². The van der Waals surface area contributed by atoms with Crippen LogP contribution in [0, 0.1) is 0 Å². The summed E-state index contributed by atoms with van der Waals surface area (Å²) in [5.74, 6) is -0.904. The molecule has 0 atom stereocenters. The van der Waals surface area contributed by atoms with Gasteiger partial charge < -0.3 is 25.1 Å². The topological polar surface area (TPSA) is 71.7 Å². The summed E-state index contributed by atoms with van der Waals surface area (Å²) in [4.78, 5) is 0. The van der Waals surface area contributed by atoms with Crippen LogP contribution in [0.4, 0.5) is 13.2 Å². The SMILES string of the molecule is CC1(C)OCC([NH-])(CCc2ccc(OCCCc3cccc(-c4ccccc4)c3)c(C(F)(F)F)c2)CO1.CCO.[Y]. The molecule has 1 aliphatic heterocycles. The number of aliphatic hydroxyl groups excluding tert-OH is 1. The van der Waals surface area contributed by atoms with E-state index in [1.807, 2.05) is 48.5 Å². The number of ether oxygens (including phenoxy) is 3. The molecular formula is C32H39F3NO4Y-. The van der Waals surface area contributed by atoms with Gasteiger partial charge in [-0.2, -0.15) is 13.2 Å². The van der Waals surface area contributed by atoms with Crippen LogP contribution >= 0.6 is 0 Å². The van der Waals surface area contributed by atoms with Crippen LogP contribution in [0.5, 0.6) is 5.75 Å². The Labute approximate surface area is 266 Å². The minimum absolute atomic E-state index is 0. The Morgan fingerprint density at radius 2 is 1.49 bits per heavy atom. The van der Waals surface area contributed by atoms with Gasteiger partial charge in [-0.1, -0.05) is 72.6 Å². The van der Waals surface area contributed by atoms with Gasteiger partial charge in [-0.25, -0.2) is 0 Å². The van der Waals surface area contributed by atoms with Crippen molar-refractivity contribution in [1.29, 1.82) is 0 Å². The molecule has 41 heavy (non-hydrogen) atoms. The van der Waals surface area contributed by atoms with Crippen molar-refractivity contribution in [2.24, 2.45) is 0 Å². The molecule has 0 bridgehead atoms. The molecule has 0 amide bonds. The van der Waals surface area contributed by atoms with E-state index in [2.05, 4.69) is 6.07 Å². The number of halogens is 3. The Bertz CT molecular complexity index is 1200. The molecule has 0 unspecified atom stereocenters. The number of aryl methyl sites for hydroxylation is 2. The Morgan fingerprint density at radius 1 is 0.878 bits per heavy atom. The van der Waals surface area contributed by atoms with E-state index >= 15 is 0 Å². The first kappa shape index (κ1) is 35.4. The van der Waals surface area contributed by atoms with Crippen LogP contribution in [0.1, 0.15) is 50.3 Å². The molecule has 1 aliphatic rings. The predicted octanol–water partition coefficient (Wildman–Crippen LogP) is 7.89. The van der Waals surface area contributed by atoms with Crippen LogP contribution in [-0.4, -0.2) is 42.9 Å². The van der Waals surface area contributed by atoms with Gasteiger partial charge in [-0.3, -0.25) is 0 Å². The van der Waals surface area contributed by atoms with Crippen molar-refractivity contribution in [1.82, 2.24) is 0 Å². The predicted molar refractivity (Wildman–Crippen MR) is 151 cm³/mol. The zero-order valence-corrected chi connectivity index (χ0v) is 26.8. The van der Waals surface area contributed by atoms with Gasteiger partial charge in [0.15, 0.2) is 5.79 Å². The fourth-order valence-corrected chi connectivity index (χ4v) is 4.31. The van der Waals surface area contributed by atoms with Gasteiger partial charge >= 0.3 is 6.18 Å². The van der Waals surface area contributed by atoms with Gasteiger partial charge in [0.05, 0.1) is 12.2 Å². The van der Waals surface area contributed by atoms with Crippen molar-refractivity contribution >= 4 is 0 Å². The van der Waals surface area contributed by atoms with E-state index in [0.29, 0.717) is 31.2 Å². The zero-order chi connectivity index (χ0) is 29.2. The van der Waals surface area contributed by atoms with E-state index in [-0.39, 0.29) is 64.9 Å². The zero-order valence-electron chi connectivity index (χ0n) is 24.0. The van der Waals surface area contributed by atoms with Crippen molar-refractivity contribution in [3.8, 4) is 16.9 Å². The third kappa shape index (κ3) is 11.4. The van der Waals surface area contributed by atoms with Crippen LogP contribution in [-0.2, 0) is 61.2 Å². The minimum atomic E-state index is -4.53. The second-order valence-corrected chi connectivity index (χ2v) is 10.4. The van der Waals surface area contributed by atoms with Crippen molar-refractivity contribution in [2.75, 3.05) is 26.4 Å². The molecule has 1 heterocycles. The number of alkyl halides is 3. The molecule has 0 aromatic heterocycles. The number of nitrogens with one attached hydrogen (secondary N) is 1. The first-order valence-electron chi connectivity index (χ1n) is 13.6. The first-order chi connectivity index (χ1) is 18.9. The van der Waals surface area contributed by atoms with E-state index in [1.54, 1.807) is 26.8 Å². The quantitative estimate of drug-likeness (QED) is 0.240. The average Bonchev–Trinajstić information content (AvgIpc) is 2.93. The fourth-order valence-electron chi connectivity index (χ4n) is 4.31.